The topological polar surface area (TPSA) is 102 Å². The Bertz CT molecular complexity index is 913. The Balaban J connectivity index is 1.19. The van der Waals surface area contributed by atoms with E-state index < -0.39 is 12.2 Å². The molecule has 9 heteroatoms. The first-order chi connectivity index (χ1) is 15.5. The van der Waals surface area contributed by atoms with Crippen molar-refractivity contribution in [3.8, 4) is 5.88 Å². The number of carbonyl (C=O) groups excluding carboxylic acids is 1. The Morgan fingerprint density at radius 2 is 2.06 bits per heavy atom. The van der Waals surface area contributed by atoms with E-state index in [0.717, 1.165) is 11.1 Å². The number of amides is 1. The van der Waals surface area contributed by atoms with E-state index in [-0.39, 0.29) is 36.5 Å². The summed E-state index contributed by atoms with van der Waals surface area (Å²) < 4.78 is 30.1. The largest absolute Gasteiger partial charge is 0.481 e. The van der Waals surface area contributed by atoms with E-state index >= 15 is 0 Å². The first kappa shape index (κ1) is 22.6. The van der Waals surface area contributed by atoms with Crippen molar-refractivity contribution in [2.75, 3.05) is 13.7 Å². The summed E-state index contributed by atoms with van der Waals surface area (Å²) in [6.07, 6.45) is 0.277. The van der Waals surface area contributed by atoms with Crippen LogP contribution in [0.3, 0.4) is 0 Å². The van der Waals surface area contributed by atoms with Gasteiger partial charge >= 0.3 is 0 Å². The third-order valence-corrected chi connectivity index (χ3v) is 5.80. The van der Waals surface area contributed by atoms with Gasteiger partial charge in [-0.05, 0) is 23.8 Å². The van der Waals surface area contributed by atoms with Gasteiger partial charge in [-0.15, -0.1) is 0 Å². The van der Waals surface area contributed by atoms with E-state index in [2.05, 4.69) is 15.6 Å². The molecule has 4 rings (SSSR count). The van der Waals surface area contributed by atoms with E-state index in [0.29, 0.717) is 31.9 Å². The van der Waals surface area contributed by atoms with Crippen LogP contribution in [0.4, 0.5) is 4.39 Å². The summed E-state index contributed by atoms with van der Waals surface area (Å²) in [6.45, 7) is 1.32. The minimum absolute atomic E-state index is 0.155. The number of hydrogen-bond donors (Lipinski definition) is 3. The second-order valence-electron chi connectivity index (χ2n) is 8.07. The SMILES string of the molecule is COc1ncccc1CNC[C@H]1O[C@@H]2C[C@@H](CC(=O)NCc3ccc(F)cc3)O[C@@H]2[C@@H]1O. The van der Waals surface area contributed by atoms with Gasteiger partial charge in [-0.2, -0.15) is 0 Å². The lowest BCUT2D eigenvalue weighted by Crippen LogP contribution is -2.39. The number of methoxy groups -OCH3 is 1. The van der Waals surface area contributed by atoms with Gasteiger partial charge in [0.05, 0.1) is 31.8 Å². The maximum atomic E-state index is 13.0. The van der Waals surface area contributed by atoms with Crippen LogP contribution in [-0.4, -0.2) is 60.2 Å². The molecule has 1 aromatic heterocycles. The van der Waals surface area contributed by atoms with Gasteiger partial charge in [-0.25, -0.2) is 9.37 Å². The van der Waals surface area contributed by atoms with Crippen LogP contribution < -0.4 is 15.4 Å². The first-order valence-electron chi connectivity index (χ1n) is 10.7. The normalized spacial score (nSPS) is 26.7. The Kier molecular flexibility index (Phi) is 7.31. The molecule has 0 saturated carbocycles. The summed E-state index contributed by atoms with van der Waals surface area (Å²) in [5, 5.41) is 16.7. The number of fused-ring (bicyclic) bond motifs is 1. The number of pyridine rings is 1. The van der Waals surface area contributed by atoms with Gasteiger partial charge in [-0.3, -0.25) is 4.79 Å². The predicted octanol–water partition coefficient (Wildman–Crippen LogP) is 1.31. The fourth-order valence-corrected chi connectivity index (χ4v) is 4.18. The number of benzene rings is 1. The third kappa shape index (κ3) is 5.42. The van der Waals surface area contributed by atoms with Crippen molar-refractivity contribution in [3.05, 3.63) is 59.5 Å². The Morgan fingerprint density at radius 1 is 1.25 bits per heavy atom. The molecule has 32 heavy (non-hydrogen) atoms. The van der Waals surface area contributed by atoms with Crippen LogP contribution >= 0.6 is 0 Å². The molecule has 0 bridgehead atoms. The van der Waals surface area contributed by atoms with E-state index in [4.69, 9.17) is 14.2 Å². The molecule has 2 aliphatic rings. The molecule has 0 aliphatic carbocycles. The summed E-state index contributed by atoms with van der Waals surface area (Å²) in [5.74, 6) is 0.0981. The number of carbonyl (C=O) groups is 1. The van der Waals surface area contributed by atoms with Gasteiger partial charge in [0.1, 0.15) is 18.0 Å². The van der Waals surface area contributed by atoms with Crippen LogP contribution in [0.15, 0.2) is 42.6 Å². The van der Waals surface area contributed by atoms with E-state index in [9.17, 15) is 14.3 Å². The number of hydrogen-bond acceptors (Lipinski definition) is 7. The monoisotopic (exact) mass is 445 g/mol. The molecule has 0 spiro atoms. The van der Waals surface area contributed by atoms with Crippen molar-refractivity contribution in [3.63, 3.8) is 0 Å². The van der Waals surface area contributed by atoms with Crippen molar-refractivity contribution >= 4 is 5.91 Å². The van der Waals surface area contributed by atoms with Crippen molar-refractivity contribution in [2.45, 2.75) is 56.5 Å². The lowest BCUT2D eigenvalue weighted by atomic mass is 10.1. The van der Waals surface area contributed by atoms with Gasteiger partial charge in [0.25, 0.3) is 0 Å². The third-order valence-electron chi connectivity index (χ3n) is 5.80. The second-order valence-corrected chi connectivity index (χ2v) is 8.07. The zero-order valence-electron chi connectivity index (χ0n) is 17.9. The lowest BCUT2D eigenvalue weighted by Gasteiger charge is -2.20. The number of aliphatic hydroxyl groups excluding tert-OH is 1. The predicted molar refractivity (Wildman–Crippen MR) is 113 cm³/mol. The zero-order chi connectivity index (χ0) is 22.5. The highest BCUT2D eigenvalue weighted by Gasteiger charge is 2.50. The van der Waals surface area contributed by atoms with Gasteiger partial charge in [0, 0.05) is 37.8 Å². The number of halogens is 1. The Morgan fingerprint density at radius 3 is 2.81 bits per heavy atom. The van der Waals surface area contributed by atoms with Crippen molar-refractivity contribution in [1.82, 2.24) is 15.6 Å². The quantitative estimate of drug-likeness (QED) is 0.535. The molecule has 0 unspecified atom stereocenters. The minimum atomic E-state index is -0.768. The summed E-state index contributed by atoms with van der Waals surface area (Å²) in [5.41, 5.74) is 1.74. The zero-order valence-corrected chi connectivity index (χ0v) is 17.9. The molecule has 172 valence electrons. The number of aromatic nitrogens is 1. The highest BCUT2D eigenvalue weighted by Crippen LogP contribution is 2.35. The minimum Gasteiger partial charge on any atom is -0.481 e. The molecule has 1 amide bonds. The smallest absolute Gasteiger partial charge is 0.222 e. The molecule has 1 aromatic carbocycles. The highest BCUT2D eigenvalue weighted by atomic mass is 19.1. The highest BCUT2D eigenvalue weighted by molar-refractivity contribution is 5.76. The van der Waals surface area contributed by atoms with Gasteiger partial charge in [0.15, 0.2) is 0 Å². The molecule has 3 heterocycles. The molecular weight excluding hydrogens is 417 g/mol. The molecule has 8 nitrogen and oxygen atoms in total. The van der Waals surface area contributed by atoms with Crippen molar-refractivity contribution in [2.24, 2.45) is 0 Å². The molecule has 2 aromatic rings. The van der Waals surface area contributed by atoms with Crippen LogP contribution in [0.1, 0.15) is 24.0 Å². The maximum absolute atomic E-state index is 13.0. The second kappa shape index (κ2) is 10.4. The average Bonchev–Trinajstić information content (AvgIpc) is 3.32. The fourth-order valence-electron chi connectivity index (χ4n) is 4.18. The van der Waals surface area contributed by atoms with Crippen LogP contribution in [0.25, 0.3) is 0 Å². The van der Waals surface area contributed by atoms with Gasteiger partial charge < -0.3 is 30.0 Å². The van der Waals surface area contributed by atoms with Crippen LogP contribution in [0.5, 0.6) is 5.88 Å². The van der Waals surface area contributed by atoms with Gasteiger partial charge in [0.2, 0.25) is 11.8 Å². The summed E-state index contributed by atoms with van der Waals surface area (Å²) in [4.78, 5) is 16.4. The van der Waals surface area contributed by atoms with E-state index in [1.54, 1.807) is 25.4 Å². The number of rotatable bonds is 9. The summed E-state index contributed by atoms with van der Waals surface area (Å²) >= 11 is 0. The van der Waals surface area contributed by atoms with E-state index in [1.165, 1.54) is 12.1 Å². The summed E-state index contributed by atoms with van der Waals surface area (Å²) in [6, 6.07) is 9.76. The average molecular weight is 445 g/mol. The van der Waals surface area contributed by atoms with Crippen LogP contribution in [0, 0.1) is 5.82 Å². The lowest BCUT2D eigenvalue weighted by molar-refractivity contribution is -0.124. The Hall–Kier alpha value is -2.59. The van der Waals surface area contributed by atoms with E-state index in [1.807, 2.05) is 12.1 Å². The number of ether oxygens (including phenoxy) is 3. The van der Waals surface area contributed by atoms with Crippen molar-refractivity contribution in [1.29, 1.82) is 0 Å². The Labute approximate surface area is 186 Å². The molecular formula is C23H28FN3O5. The van der Waals surface area contributed by atoms with Crippen LogP contribution in [-0.2, 0) is 27.4 Å². The standard InChI is InChI=1S/C23H28FN3O5/c1-30-23-15(3-2-8-26-23)12-25-13-19-21(29)22-18(32-19)9-17(31-22)10-20(28)27-11-14-4-6-16(24)7-5-14/h2-8,17-19,21-22,25,29H,9-13H2,1H3,(H,27,28)/t17-,18+,19+,21+,22-/m0/s1. The molecule has 0 radical (unpaired) electrons. The number of aliphatic hydroxyl groups is 1. The van der Waals surface area contributed by atoms with Gasteiger partial charge in [-0.1, -0.05) is 18.2 Å². The number of nitrogens with one attached hydrogen (secondary N) is 2. The molecule has 2 fully saturated rings. The molecule has 2 saturated heterocycles. The maximum Gasteiger partial charge on any atom is 0.222 e. The summed E-state index contributed by atoms with van der Waals surface area (Å²) in [7, 11) is 1.58. The van der Waals surface area contributed by atoms with Crippen molar-refractivity contribution < 1.29 is 28.5 Å². The number of nitrogens with zero attached hydrogens (tertiary/aromatic N) is 1. The first-order valence-corrected chi connectivity index (χ1v) is 10.7. The fraction of sp³-hybridized carbons (Fsp3) is 0.478. The molecule has 2 aliphatic heterocycles. The van der Waals surface area contributed by atoms with Crippen LogP contribution in [0.2, 0.25) is 0 Å². The molecule has 3 N–H and O–H groups in total. The molecule has 5 atom stereocenters.